The molecule has 2 aliphatic rings. The third-order valence-corrected chi connectivity index (χ3v) is 8.08. The van der Waals surface area contributed by atoms with E-state index < -0.39 is 6.04 Å². The number of aromatic amines is 1. The van der Waals surface area contributed by atoms with Crippen LogP contribution in [0, 0.1) is 5.92 Å². The molecule has 3 heterocycles. The number of aromatic nitrogens is 1. The Morgan fingerprint density at radius 2 is 2.05 bits per heavy atom. The van der Waals surface area contributed by atoms with Crippen molar-refractivity contribution in [2.75, 3.05) is 45.2 Å². The lowest BCUT2D eigenvalue weighted by Gasteiger charge is -2.38. The number of ether oxygens (including phenoxy) is 1. The summed E-state index contributed by atoms with van der Waals surface area (Å²) in [6, 6.07) is 12.6. The van der Waals surface area contributed by atoms with Crippen molar-refractivity contribution in [2.24, 2.45) is 5.92 Å². The monoisotopic (exact) mass is 551 g/mol. The molecule has 3 N–H and O–H groups in total. The molecule has 3 aromatic rings. The van der Waals surface area contributed by atoms with Crippen LogP contribution in [0.1, 0.15) is 36.8 Å². The zero-order chi connectivity index (χ0) is 27.5. The molecule has 208 valence electrons. The number of halogens is 1. The van der Waals surface area contributed by atoms with Gasteiger partial charge in [0.1, 0.15) is 6.04 Å². The van der Waals surface area contributed by atoms with Gasteiger partial charge in [0.2, 0.25) is 5.91 Å². The summed E-state index contributed by atoms with van der Waals surface area (Å²) in [5.74, 6) is -0.175. The highest BCUT2D eigenvalue weighted by atomic mass is 35.5. The normalized spacial score (nSPS) is 20.6. The van der Waals surface area contributed by atoms with Crippen molar-refractivity contribution in [1.29, 1.82) is 0 Å². The minimum Gasteiger partial charge on any atom is -0.376 e. The van der Waals surface area contributed by atoms with Gasteiger partial charge >= 0.3 is 6.03 Å². The van der Waals surface area contributed by atoms with Gasteiger partial charge in [-0.1, -0.05) is 36.7 Å². The summed E-state index contributed by atoms with van der Waals surface area (Å²) < 4.78 is 5.66. The van der Waals surface area contributed by atoms with Crippen LogP contribution >= 0.6 is 11.6 Å². The number of para-hydroxylation sites is 1. The van der Waals surface area contributed by atoms with Gasteiger partial charge in [0.25, 0.3) is 0 Å². The van der Waals surface area contributed by atoms with Crippen LogP contribution in [0.2, 0.25) is 5.02 Å². The molecule has 5 rings (SSSR count). The number of carbonyl (C=O) groups is 2. The van der Waals surface area contributed by atoms with E-state index in [2.05, 4.69) is 20.5 Å². The first-order valence-corrected chi connectivity index (χ1v) is 14.1. The SMILES string of the molecule is CC(c1c[nH]c2ccccc12)C(NC(=O)NCC1CCCO1)C(=O)N1C[C@@H](CN(C)C)Cc2cc(Cl)ccc21. The van der Waals surface area contributed by atoms with Crippen molar-refractivity contribution in [2.45, 2.75) is 44.2 Å². The van der Waals surface area contributed by atoms with E-state index in [0.717, 1.165) is 60.1 Å². The zero-order valence-corrected chi connectivity index (χ0v) is 23.6. The van der Waals surface area contributed by atoms with Crippen molar-refractivity contribution in [3.8, 4) is 0 Å². The van der Waals surface area contributed by atoms with E-state index in [1.165, 1.54) is 0 Å². The van der Waals surface area contributed by atoms with Crippen molar-refractivity contribution >= 4 is 40.1 Å². The zero-order valence-electron chi connectivity index (χ0n) is 22.9. The Hall–Kier alpha value is -3.07. The van der Waals surface area contributed by atoms with Gasteiger partial charge in [-0.25, -0.2) is 4.79 Å². The number of fused-ring (bicyclic) bond motifs is 2. The van der Waals surface area contributed by atoms with Crippen LogP contribution < -0.4 is 15.5 Å². The van der Waals surface area contributed by atoms with Crippen molar-refractivity contribution in [1.82, 2.24) is 20.5 Å². The van der Waals surface area contributed by atoms with E-state index in [-0.39, 0.29) is 29.9 Å². The number of carbonyl (C=O) groups excluding carboxylic acids is 2. The highest BCUT2D eigenvalue weighted by Gasteiger charge is 2.37. The largest absolute Gasteiger partial charge is 0.376 e. The number of benzene rings is 2. The highest BCUT2D eigenvalue weighted by molar-refractivity contribution is 6.30. The second-order valence-corrected chi connectivity index (χ2v) is 11.5. The van der Waals surface area contributed by atoms with Gasteiger partial charge in [-0.2, -0.15) is 0 Å². The first kappa shape index (κ1) is 27.5. The third-order valence-electron chi connectivity index (χ3n) is 7.85. The fourth-order valence-electron chi connectivity index (χ4n) is 5.98. The number of amides is 3. The predicted octanol–water partition coefficient (Wildman–Crippen LogP) is 4.54. The van der Waals surface area contributed by atoms with Crippen LogP contribution in [0.25, 0.3) is 10.9 Å². The van der Waals surface area contributed by atoms with E-state index in [1.807, 2.05) is 74.6 Å². The molecule has 9 heteroatoms. The Morgan fingerprint density at radius 3 is 2.82 bits per heavy atom. The van der Waals surface area contributed by atoms with Crippen molar-refractivity contribution in [3.63, 3.8) is 0 Å². The van der Waals surface area contributed by atoms with E-state index in [1.54, 1.807) is 0 Å². The molecular weight excluding hydrogens is 514 g/mol. The maximum Gasteiger partial charge on any atom is 0.315 e. The number of rotatable bonds is 8. The van der Waals surface area contributed by atoms with Gasteiger partial charge in [-0.05, 0) is 74.7 Å². The average Bonchev–Trinajstić information content (AvgIpc) is 3.59. The van der Waals surface area contributed by atoms with Gasteiger partial charge in [0.15, 0.2) is 0 Å². The minimum atomic E-state index is -0.782. The molecule has 0 bridgehead atoms. The first-order valence-electron chi connectivity index (χ1n) is 13.8. The average molecular weight is 552 g/mol. The maximum atomic E-state index is 14.4. The number of anilines is 1. The Balaban J connectivity index is 1.45. The summed E-state index contributed by atoms with van der Waals surface area (Å²) in [7, 11) is 4.09. The number of H-pyrrole nitrogens is 1. The molecule has 8 nitrogen and oxygen atoms in total. The second kappa shape index (κ2) is 12.0. The topological polar surface area (TPSA) is 89.7 Å². The fourth-order valence-corrected chi connectivity index (χ4v) is 6.18. The van der Waals surface area contributed by atoms with Gasteiger partial charge in [0.05, 0.1) is 6.10 Å². The molecule has 0 radical (unpaired) electrons. The molecule has 1 saturated heterocycles. The quantitative estimate of drug-likeness (QED) is 0.383. The van der Waals surface area contributed by atoms with Gasteiger partial charge in [0, 0.05) is 60.0 Å². The number of nitrogens with zero attached hydrogens (tertiary/aromatic N) is 2. The summed E-state index contributed by atoms with van der Waals surface area (Å²) in [5, 5.41) is 7.67. The molecule has 0 spiro atoms. The van der Waals surface area contributed by atoms with E-state index in [0.29, 0.717) is 18.1 Å². The predicted molar refractivity (Wildman–Crippen MR) is 156 cm³/mol. The lowest BCUT2D eigenvalue weighted by atomic mass is 9.88. The van der Waals surface area contributed by atoms with Crippen LogP contribution in [0.15, 0.2) is 48.7 Å². The van der Waals surface area contributed by atoms with Crippen molar-refractivity contribution in [3.05, 3.63) is 64.8 Å². The Labute approximate surface area is 235 Å². The standard InChI is InChI=1S/C30H38ClN5O3/c1-19(25-16-32-26-9-5-4-8-24(25)26)28(34-30(38)33-15-23-7-6-12-39-23)29(37)36-18-20(17-35(2)3)13-21-14-22(31)10-11-27(21)36/h4-5,8-11,14,16,19-20,23,28,32H,6-7,12-13,15,17-18H2,1-3H3,(H2,33,34,38)/t19?,20-,23?,28?/m1/s1. The molecule has 0 aliphatic carbocycles. The maximum absolute atomic E-state index is 14.4. The molecule has 1 aromatic heterocycles. The Bertz CT molecular complexity index is 1320. The second-order valence-electron chi connectivity index (χ2n) is 11.1. The lowest BCUT2D eigenvalue weighted by Crippen LogP contribution is -2.56. The minimum absolute atomic E-state index is 0.0152. The third kappa shape index (κ3) is 6.24. The summed E-state index contributed by atoms with van der Waals surface area (Å²) >= 11 is 6.36. The van der Waals surface area contributed by atoms with Crippen LogP contribution in [-0.4, -0.2) is 74.3 Å². The van der Waals surface area contributed by atoms with Crippen molar-refractivity contribution < 1.29 is 14.3 Å². The van der Waals surface area contributed by atoms with E-state index >= 15 is 0 Å². The Morgan fingerprint density at radius 1 is 1.23 bits per heavy atom. The highest BCUT2D eigenvalue weighted by Crippen LogP contribution is 2.35. The summed E-state index contributed by atoms with van der Waals surface area (Å²) in [4.78, 5) is 34.9. The van der Waals surface area contributed by atoms with E-state index in [9.17, 15) is 9.59 Å². The molecule has 4 atom stereocenters. The molecule has 3 unspecified atom stereocenters. The number of hydrogen-bond donors (Lipinski definition) is 3. The number of hydrogen-bond acceptors (Lipinski definition) is 4. The summed E-state index contributed by atoms with van der Waals surface area (Å²) in [5.41, 5.74) is 3.89. The van der Waals surface area contributed by atoms with Gasteiger partial charge in [-0.3, -0.25) is 4.79 Å². The molecule has 1 fully saturated rings. The van der Waals surface area contributed by atoms with Crippen LogP contribution in [0.4, 0.5) is 10.5 Å². The molecule has 39 heavy (non-hydrogen) atoms. The molecule has 2 aromatic carbocycles. The Kier molecular flexibility index (Phi) is 8.45. The lowest BCUT2D eigenvalue weighted by molar-refractivity contribution is -0.121. The molecule has 3 amide bonds. The van der Waals surface area contributed by atoms with Crippen LogP contribution in [0.5, 0.6) is 0 Å². The fraction of sp³-hybridized carbons (Fsp3) is 0.467. The summed E-state index contributed by atoms with van der Waals surface area (Å²) in [6.45, 7) is 4.56. The number of nitrogens with one attached hydrogen (secondary N) is 3. The molecular formula is C30H38ClN5O3. The van der Waals surface area contributed by atoms with E-state index in [4.69, 9.17) is 16.3 Å². The number of urea groups is 1. The smallest absolute Gasteiger partial charge is 0.315 e. The van der Waals surface area contributed by atoms with Crippen LogP contribution in [-0.2, 0) is 16.0 Å². The molecule has 2 aliphatic heterocycles. The van der Waals surface area contributed by atoms with Gasteiger partial charge < -0.3 is 30.2 Å². The summed E-state index contributed by atoms with van der Waals surface area (Å²) in [6.07, 6.45) is 4.73. The van der Waals surface area contributed by atoms with Crippen LogP contribution in [0.3, 0.4) is 0 Å². The first-order chi connectivity index (χ1) is 18.8. The van der Waals surface area contributed by atoms with Gasteiger partial charge in [-0.15, -0.1) is 0 Å². The molecule has 0 saturated carbocycles.